The lowest BCUT2D eigenvalue weighted by molar-refractivity contribution is -0.137. The van der Waals surface area contributed by atoms with Crippen molar-refractivity contribution >= 4 is 5.97 Å². The van der Waals surface area contributed by atoms with Crippen LogP contribution in [0.5, 0.6) is 0 Å². The van der Waals surface area contributed by atoms with Gasteiger partial charge in [-0.25, -0.2) is 0 Å². The quantitative estimate of drug-likeness (QED) is 0.809. The van der Waals surface area contributed by atoms with Crippen LogP contribution >= 0.6 is 0 Å². The predicted molar refractivity (Wildman–Crippen MR) is 80.9 cm³/mol. The Morgan fingerprint density at radius 3 is 2.00 bits per heavy atom. The molecule has 0 aliphatic rings. The molecular weight excluding hydrogens is 264 g/mol. The molecule has 0 radical (unpaired) electrons. The molecule has 4 heteroatoms. The number of carbonyl (C=O) groups is 1. The third-order valence-electron chi connectivity index (χ3n) is 3.45. The summed E-state index contributed by atoms with van der Waals surface area (Å²) in [6.45, 7) is 0. The summed E-state index contributed by atoms with van der Waals surface area (Å²) in [7, 11) is 0. The minimum absolute atomic E-state index is 0.223. The fourth-order valence-corrected chi connectivity index (χ4v) is 2.45. The van der Waals surface area contributed by atoms with E-state index in [0.29, 0.717) is 12.3 Å². The number of carboxylic acid groups (broad SMARTS) is 1. The van der Waals surface area contributed by atoms with E-state index < -0.39 is 5.97 Å². The van der Waals surface area contributed by atoms with Gasteiger partial charge in [0.05, 0.1) is 0 Å². The van der Waals surface area contributed by atoms with Crippen molar-refractivity contribution in [3.63, 3.8) is 0 Å². The average Bonchev–Trinajstić information content (AvgIpc) is 2.49. The fourth-order valence-electron chi connectivity index (χ4n) is 2.45. The molecule has 2 heterocycles. The van der Waals surface area contributed by atoms with Crippen LogP contribution in [0.25, 0.3) is 0 Å². The molecule has 0 atom stereocenters. The highest BCUT2D eigenvalue weighted by Crippen LogP contribution is 2.18. The molecule has 2 aromatic heterocycles. The summed E-state index contributed by atoms with van der Waals surface area (Å²) in [6.07, 6.45) is 7.10. The standard InChI is InChI=1S/C17H20N2O2/c20-17(21)9-5-6-14(12-15-7-1-3-10-18-15)13-16-8-2-4-11-19-16/h1-4,7-8,10-11,14H,5-6,9,12-13H2,(H,20,21). The van der Waals surface area contributed by atoms with E-state index in [2.05, 4.69) is 9.97 Å². The largest absolute Gasteiger partial charge is 0.481 e. The molecular formula is C17H20N2O2. The number of aromatic nitrogens is 2. The Bertz CT molecular complexity index is 502. The average molecular weight is 284 g/mol. The normalized spacial score (nSPS) is 10.7. The molecule has 110 valence electrons. The molecule has 0 aliphatic heterocycles. The van der Waals surface area contributed by atoms with E-state index in [1.165, 1.54) is 0 Å². The van der Waals surface area contributed by atoms with Gasteiger partial charge in [-0.2, -0.15) is 0 Å². The minimum atomic E-state index is -0.732. The maximum atomic E-state index is 10.7. The molecule has 0 unspecified atom stereocenters. The molecule has 0 spiro atoms. The minimum Gasteiger partial charge on any atom is -0.481 e. The zero-order valence-electron chi connectivity index (χ0n) is 12.0. The van der Waals surface area contributed by atoms with Crippen LogP contribution in [0.1, 0.15) is 30.7 Å². The molecule has 0 saturated carbocycles. The topological polar surface area (TPSA) is 63.1 Å². The summed E-state index contributed by atoms with van der Waals surface area (Å²) in [4.78, 5) is 19.4. The van der Waals surface area contributed by atoms with Crippen molar-refractivity contribution in [2.24, 2.45) is 5.92 Å². The lowest BCUT2D eigenvalue weighted by atomic mass is 9.91. The molecule has 0 aliphatic carbocycles. The maximum absolute atomic E-state index is 10.7. The van der Waals surface area contributed by atoms with Crippen LogP contribution in [-0.2, 0) is 17.6 Å². The van der Waals surface area contributed by atoms with Crippen LogP contribution in [-0.4, -0.2) is 21.0 Å². The van der Waals surface area contributed by atoms with E-state index in [1.54, 1.807) is 12.4 Å². The van der Waals surface area contributed by atoms with Crippen LogP contribution in [0, 0.1) is 5.92 Å². The first-order valence-electron chi connectivity index (χ1n) is 7.25. The van der Waals surface area contributed by atoms with Gasteiger partial charge in [0.2, 0.25) is 0 Å². The van der Waals surface area contributed by atoms with Crippen LogP contribution in [0.3, 0.4) is 0 Å². The molecule has 21 heavy (non-hydrogen) atoms. The zero-order valence-corrected chi connectivity index (χ0v) is 12.0. The van der Waals surface area contributed by atoms with Crippen molar-refractivity contribution < 1.29 is 9.90 Å². The maximum Gasteiger partial charge on any atom is 0.303 e. The number of pyridine rings is 2. The molecule has 2 aromatic rings. The highest BCUT2D eigenvalue weighted by Gasteiger charge is 2.13. The first-order valence-corrected chi connectivity index (χ1v) is 7.25. The van der Waals surface area contributed by atoms with Gasteiger partial charge in [0.15, 0.2) is 0 Å². The van der Waals surface area contributed by atoms with Crippen LogP contribution < -0.4 is 0 Å². The third kappa shape index (κ3) is 5.73. The van der Waals surface area contributed by atoms with Gasteiger partial charge in [-0.05, 0) is 55.9 Å². The van der Waals surface area contributed by atoms with Crippen LogP contribution in [0.4, 0.5) is 0 Å². The second-order valence-corrected chi connectivity index (χ2v) is 5.20. The second-order valence-electron chi connectivity index (χ2n) is 5.20. The lowest BCUT2D eigenvalue weighted by Crippen LogP contribution is -2.11. The summed E-state index contributed by atoms with van der Waals surface area (Å²) < 4.78 is 0. The highest BCUT2D eigenvalue weighted by molar-refractivity contribution is 5.66. The van der Waals surface area contributed by atoms with Crippen molar-refractivity contribution in [2.75, 3.05) is 0 Å². The van der Waals surface area contributed by atoms with Gasteiger partial charge in [0.1, 0.15) is 0 Å². The number of aliphatic carboxylic acids is 1. The second kappa shape index (κ2) is 8.15. The Labute approximate surface area is 124 Å². The van der Waals surface area contributed by atoms with Crippen molar-refractivity contribution in [1.29, 1.82) is 0 Å². The fraction of sp³-hybridized carbons (Fsp3) is 0.353. The van der Waals surface area contributed by atoms with Crippen molar-refractivity contribution in [2.45, 2.75) is 32.1 Å². The molecule has 1 N–H and O–H groups in total. The summed E-state index contributed by atoms with van der Waals surface area (Å²) in [6, 6.07) is 11.8. The van der Waals surface area contributed by atoms with Crippen LogP contribution in [0.15, 0.2) is 48.8 Å². The Hall–Kier alpha value is -2.23. The van der Waals surface area contributed by atoms with E-state index in [9.17, 15) is 4.79 Å². The number of hydrogen-bond donors (Lipinski definition) is 1. The molecule has 0 bridgehead atoms. The van der Waals surface area contributed by atoms with Gasteiger partial charge in [0.25, 0.3) is 0 Å². The molecule has 0 saturated heterocycles. The SMILES string of the molecule is O=C(O)CCCC(Cc1ccccn1)Cc1ccccn1. The summed E-state index contributed by atoms with van der Waals surface area (Å²) in [5, 5.41) is 8.78. The van der Waals surface area contributed by atoms with Crippen molar-refractivity contribution in [1.82, 2.24) is 9.97 Å². The summed E-state index contributed by atoms with van der Waals surface area (Å²) in [5.74, 6) is -0.362. The Morgan fingerprint density at radius 1 is 1.00 bits per heavy atom. The molecule has 2 rings (SSSR count). The van der Waals surface area contributed by atoms with Crippen molar-refractivity contribution in [3.8, 4) is 0 Å². The zero-order chi connectivity index (χ0) is 14.9. The van der Waals surface area contributed by atoms with Gasteiger partial charge in [-0.3, -0.25) is 14.8 Å². The molecule has 0 fully saturated rings. The lowest BCUT2D eigenvalue weighted by Gasteiger charge is -2.15. The number of hydrogen-bond acceptors (Lipinski definition) is 3. The summed E-state index contributed by atoms with van der Waals surface area (Å²) in [5.41, 5.74) is 2.10. The number of rotatable bonds is 8. The molecule has 0 aromatic carbocycles. The van der Waals surface area contributed by atoms with E-state index in [4.69, 9.17) is 5.11 Å². The molecule has 0 amide bonds. The first-order chi connectivity index (χ1) is 10.2. The predicted octanol–water partition coefficient (Wildman–Crippen LogP) is 3.13. The summed E-state index contributed by atoms with van der Waals surface area (Å²) >= 11 is 0. The first kappa shape index (κ1) is 15.2. The van der Waals surface area contributed by atoms with Gasteiger partial charge >= 0.3 is 5.97 Å². The number of nitrogens with zero attached hydrogens (tertiary/aromatic N) is 2. The van der Waals surface area contributed by atoms with E-state index in [-0.39, 0.29) is 6.42 Å². The van der Waals surface area contributed by atoms with Crippen LogP contribution in [0.2, 0.25) is 0 Å². The Morgan fingerprint density at radius 2 is 1.57 bits per heavy atom. The Kier molecular flexibility index (Phi) is 5.88. The van der Waals surface area contributed by atoms with Gasteiger partial charge < -0.3 is 5.11 Å². The van der Waals surface area contributed by atoms with E-state index >= 15 is 0 Å². The van der Waals surface area contributed by atoms with E-state index in [1.807, 2.05) is 36.4 Å². The van der Waals surface area contributed by atoms with Gasteiger partial charge in [-0.15, -0.1) is 0 Å². The van der Waals surface area contributed by atoms with Crippen molar-refractivity contribution in [3.05, 3.63) is 60.2 Å². The highest BCUT2D eigenvalue weighted by atomic mass is 16.4. The third-order valence-corrected chi connectivity index (χ3v) is 3.45. The van der Waals surface area contributed by atoms with E-state index in [0.717, 1.165) is 30.7 Å². The van der Waals surface area contributed by atoms with Gasteiger partial charge in [-0.1, -0.05) is 12.1 Å². The molecule has 4 nitrogen and oxygen atoms in total. The smallest absolute Gasteiger partial charge is 0.303 e. The Balaban J connectivity index is 1.97. The van der Waals surface area contributed by atoms with Gasteiger partial charge in [0, 0.05) is 30.2 Å². The number of carboxylic acids is 1. The monoisotopic (exact) mass is 284 g/mol.